The first-order valence-electron chi connectivity index (χ1n) is 3.76. The second kappa shape index (κ2) is 2.85. The third-order valence-electron chi connectivity index (χ3n) is 1.73. The minimum absolute atomic E-state index is 0.103. The number of hydrogen-bond acceptors (Lipinski definition) is 3. The minimum atomic E-state index is -1.12. The Morgan fingerprint density at radius 1 is 1.64 bits per heavy atom. The molecule has 0 bridgehead atoms. The average molecular weight is 187 g/mol. The fourth-order valence-electron chi connectivity index (χ4n) is 1.14. The molecule has 0 saturated carbocycles. The smallest absolute Gasteiger partial charge is 0.358 e. The summed E-state index contributed by atoms with van der Waals surface area (Å²) in [5.41, 5.74) is 0.544. The van der Waals surface area contributed by atoms with E-state index in [1.807, 2.05) is 0 Å². The van der Waals surface area contributed by atoms with Crippen LogP contribution in [-0.2, 0) is 0 Å². The number of aromatic carboxylic acids is 1. The van der Waals surface area contributed by atoms with Gasteiger partial charge in [0.1, 0.15) is 5.69 Å². The predicted octanol–water partition coefficient (Wildman–Crippen LogP) is 0.409. The molecule has 0 spiro atoms. The normalized spacial score (nSPS) is 9.93. The lowest BCUT2D eigenvalue weighted by Gasteiger charge is -1.94. The fourth-order valence-corrected chi connectivity index (χ4v) is 1.14. The molecule has 2 aromatic rings. The highest BCUT2D eigenvalue weighted by atomic mass is 16.4. The van der Waals surface area contributed by atoms with Crippen molar-refractivity contribution < 1.29 is 9.90 Å². The summed E-state index contributed by atoms with van der Waals surface area (Å²) in [4.78, 5) is 18.4. The summed E-state index contributed by atoms with van der Waals surface area (Å²) in [5.74, 6) is 1.21. The monoisotopic (exact) mass is 187 g/mol. The van der Waals surface area contributed by atoms with Crippen LogP contribution >= 0.6 is 0 Å². The van der Waals surface area contributed by atoms with Crippen LogP contribution in [-0.4, -0.2) is 25.4 Å². The molecule has 2 heterocycles. The average Bonchev–Trinajstić information content (AvgIpc) is 2.59. The number of carboxylic acids is 1. The zero-order chi connectivity index (χ0) is 10.1. The molecule has 2 aromatic heterocycles. The molecule has 0 aromatic carbocycles. The molecule has 2 rings (SSSR count). The number of terminal acetylenes is 1. The highest BCUT2D eigenvalue weighted by molar-refractivity contribution is 5.92. The van der Waals surface area contributed by atoms with E-state index in [0.29, 0.717) is 5.69 Å². The predicted molar refractivity (Wildman–Crippen MR) is 47.9 cm³/mol. The van der Waals surface area contributed by atoms with Gasteiger partial charge in [-0.05, 0) is 5.92 Å². The van der Waals surface area contributed by atoms with Gasteiger partial charge < -0.3 is 9.51 Å². The van der Waals surface area contributed by atoms with E-state index < -0.39 is 5.97 Å². The lowest BCUT2D eigenvalue weighted by atomic mass is 10.4. The summed E-state index contributed by atoms with van der Waals surface area (Å²) in [7, 11) is 0. The quantitative estimate of drug-likeness (QED) is 0.656. The molecule has 5 heteroatoms. The largest absolute Gasteiger partial charge is 0.476 e. The van der Waals surface area contributed by atoms with Gasteiger partial charge in [-0.2, -0.15) is 0 Å². The van der Waals surface area contributed by atoms with E-state index in [-0.39, 0.29) is 11.3 Å². The second-order valence-electron chi connectivity index (χ2n) is 2.58. The van der Waals surface area contributed by atoms with Crippen LogP contribution in [0.4, 0.5) is 0 Å². The third-order valence-corrected chi connectivity index (χ3v) is 1.73. The molecule has 0 aliphatic carbocycles. The van der Waals surface area contributed by atoms with Crippen LogP contribution in [0.3, 0.4) is 0 Å². The number of rotatable bonds is 1. The third kappa shape index (κ3) is 1.10. The van der Waals surface area contributed by atoms with Gasteiger partial charge in [-0.1, -0.05) is 0 Å². The molecule has 68 valence electrons. The molecule has 0 fully saturated rings. The van der Waals surface area contributed by atoms with E-state index in [4.69, 9.17) is 11.5 Å². The van der Waals surface area contributed by atoms with Crippen LogP contribution < -0.4 is 0 Å². The Labute approximate surface area is 79.0 Å². The molecule has 0 saturated heterocycles. The number of imidazole rings is 1. The van der Waals surface area contributed by atoms with Crippen molar-refractivity contribution in [2.24, 2.45) is 0 Å². The van der Waals surface area contributed by atoms with Crippen molar-refractivity contribution in [3.05, 3.63) is 30.0 Å². The van der Waals surface area contributed by atoms with E-state index in [0.717, 1.165) is 0 Å². The first kappa shape index (κ1) is 8.26. The Morgan fingerprint density at radius 2 is 2.43 bits per heavy atom. The van der Waals surface area contributed by atoms with Crippen LogP contribution in [0.15, 0.2) is 18.6 Å². The van der Waals surface area contributed by atoms with Gasteiger partial charge in [-0.25, -0.2) is 14.8 Å². The fraction of sp³-hybridized carbons (Fsp3) is 0. The molecule has 14 heavy (non-hydrogen) atoms. The Morgan fingerprint density at radius 3 is 3.07 bits per heavy atom. The SMILES string of the molecule is C#Cc1cn2ccnc(C(=O)O)c2n1. The van der Waals surface area contributed by atoms with Gasteiger partial charge in [0.15, 0.2) is 11.3 Å². The molecular formula is C9H5N3O2. The van der Waals surface area contributed by atoms with Gasteiger partial charge in [0, 0.05) is 18.6 Å². The van der Waals surface area contributed by atoms with Crippen molar-refractivity contribution in [1.82, 2.24) is 14.4 Å². The van der Waals surface area contributed by atoms with Crippen molar-refractivity contribution >= 4 is 11.6 Å². The molecule has 0 aliphatic heterocycles. The molecule has 0 unspecified atom stereocenters. The first-order valence-corrected chi connectivity index (χ1v) is 3.76. The van der Waals surface area contributed by atoms with Crippen molar-refractivity contribution in [2.75, 3.05) is 0 Å². The molecule has 1 N–H and O–H groups in total. The maximum absolute atomic E-state index is 10.7. The van der Waals surface area contributed by atoms with Crippen LogP contribution in [0.2, 0.25) is 0 Å². The Hall–Kier alpha value is -2.35. The maximum Gasteiger partial charge on any atom is 0.358 e. The van der Waals surface area contributed by atoms with Crippen LogP contribution in [0.25, 0.3) is 5.65 Å². The van der Waals surface area contributed by atoms with E-state index in [2.05, 4.69) is 15.9 Å². The Balaban J connectivity index is 2.81. The number of fused-ring (bicyclic) bond motifs is 1. The highest BCUT2D eigenvalue weighted by Gasteiger charge is 2.12. The van der Waals surface area contributed by atoms with E-state index >= 15 is 0 Å². The molecule has 0 aliphatic rings. The summed E-state index contributed by atoms with van der Waals surface area (Å²) in [6, 6.07) is 0. The zero-order valence-electron chi connectivity index (χ0n) is 7.01. The number of aromatic nitrogens is 3. The second-order valence-corrected chi connectivity index (χ2v) is 2.58. The Bertz CT molecular complexity index is 551. The Kier molecular flexibility index (Phi) is 1.68. The van der Waals surface area contributed by atoms with Crippen molar-refractivity contribution in [1.29, 1.82) is 0 Å². The number of hydrogen-bond donors (Lipinski definition) is 1. The lowest BCUT2D eigenvalue weighted by molar-refractivity contribution is 0.0692. The van der Waals surface area contributed by atoms with E-state index in [1.54, 1.807) is 12.4 Å². The standard InChI is InChI=1S/C9H5N3O2/c1-2-6-5-12-4-3-10-7(9(13)14)8(12)11-6/h1,3-5H,(H,13,14). The molecular weight excluding hydrogens is 182 g/mol. The van der Waals surface area contributed by atoms with Crippen LogP contribution in [0.5, 0.6) is 0 Å². The summed E-state index contributed by atoms with van der Waals surface area (Å²) in [5, 5.41) is 8.80. The van der Waals surface area contributed by atoms with Gasteiger partial charge in [0.25, 0.3) is 0 Å². The van der Waals surface area contributed by atoms with E-state index in [9.17, 15) is 4.79 Å². The number of carboxylic acid groups (broad SMARTS) is 1. The van der Waals surface area contributed by atoms with Crippen molar-refractivity contribution in [3.8, 4) is 12.3 Å². The number of nitrogens with zero attached hydrogens (tertiary/aromatic N) is 3. The molecule has 0 radical (unpaired) electrons. The van der Waals surface area contributed by atoms with Gasteiger partial charge in [-0.15, -0.1) is 6.42 Å². The number of carbonyl (C=O) groups is 1. The van der Waals surface area contributed by atoms with Gasteiger partial charge in [-0.3, -0.25) is 0 Å². The topological polar surface area (TPSA) is 67.5 Å². The molecule has 0 amide bonds. The van der Waals surface area contributed by atoms with E-state index in [1.165, 1.54) is 10.6 Å². The summed E-state index contributed by atoms with van der Waals surface area (Å²) in [6.45, 7) is 0. The summed E-state index contributed by atoms with van der Waals surface area (Å²) < 4.78 is 1.53. The van der Waals surface area contributed by atoms with Gasteiger partial charge in [0.2, 0.25) is 0 Å². The zero-order valence-corrected chi connectivity index (χ0v) is 7.01. The maximum atomic E-state index is 10.7. The van der Waals surface area contributed by atoms with Gasteiger partial charge in [0.05, 0.1) is 0 Å². The summed E-state index contributed by atoms with van der Waals surface area (Å²) in [6.07, 6.45) is 9.70. The minimum Gasteiger partial charge on any atom is -0.476 e. The molecule has 5 nitrogen and oxygen atoms in total. The van der Waals surface area contributed by atoms with Gasteiger partial charge >= 0.3 is 5.97 Å². The summed E-state index contributed by atoms with van der Waals surface area (Å²) >= 11 is 0. The van der Waals surface area contributed by atoms with Crippen LogP contribution in [0.1, 0.15) is 16.2 Å². The lowest BCUT2D eigenvalue weighted by Crippen LogP contribution is -2.03. The molecule has 0 atom stereocenters. The highest BCUT2D eigenvalue weighted by Crippen LogP contribution is 2.07. The van der Waals surface area contributed by atoms with Crippen molar-refractivity contribution in [3.63, 3.8) is 0 Å². The van der Waals surface area contributed by atoms with Crippen molar-refractivity contribution in [2.45, 2.75) is 0 Å². The first-order chi connectivity index (χ1) is 6.72. The van der Waals surface area contributed by atoms with Crippen LogP contribution in [0, 0.1) is 12.3 Å².